The van der Waals surface area contributed by atoms with E-state index < -0.39 is 0 Å². The number of hydrogen-bond donors (Lipinski definition) is 1. The maximum Gasteiger partial charge on any atom is 0.275 e. The Labute approximate surface area is 196 Å². The van der Waals surface area contributed by atoms with E-state index in [0.717, 1.165) is 5.01 Å². The van der Waals surface area contributed by atoms with Crippen LogP contribution in [0.1, 0.15) is 22.5 Å². The van der Waals surface area contributed by atoms with Crippen LogP contribution in [0.15, 0.2) is 22.8 Å². The molecule has 2 fully saturated rings. The van der Waals surface area contributed by atoms with Crippen molar-refractivity contribution < 1.29 is 29.0 Å². The molecule has 182 valence electrons. The summed E-state index contributed by atoms with van der Waals surface area (Å²) in [6.45, 7) is 3.63. The number of amides is 3. The van der Waals surface area contributed by atoms with Crippen molar-refractivity contribution in [2.75, 3.05) is 59.7 Å². The standard InChI is InChI=1S/C22H28N6O6/c1-25-19(29)15(17(23-25)21(31)27-7-11-33-12-8-27)5-3-4-6-16-18(24-26(2)20(16)30)22(32)28-9-13-34-14-10-28/h3,5-6,29H,4,7-14H2,1-2H3/b5-3?,16-6-. The monoisotopic (exact) mass is 472 g/mol. The number of likely N-dealkylation sites (N-methyl/N-ethyl adjacent to an activating group) is 1. The number of aromatic hydroxyl groups is 1. The summed E-state index contributed by atoms with van der Waals surface area (Å²) in [5.74, 6) is -1.09. The summed E-state index contributed by atoms with van der Waals surface area (Å²) >= 11 is 0. The zero-order valence-corrected chi connectivity index (χ0v) is 19.3. The van der Waals surface area contributed by atoms with E-state index in [1.807, 2.05) is 0 Å². The lowest BCUT2D eigenvalue weighted by Gasteiger charge is -2.26. The number of nitrogens with zero attached hydrogens (tertiary/aromatic N) is 6. The second kappa shape index (κ2) is 10.2. The molecule has 0 aliphatic carbocycles. The Morgan fingerprint density at radius 3 is 2.21 bits per heavy atom. The van der Waals surface area contributed by atoms with E-state index in [2.05, 4.69) is 10.2 Å². The quantitative estimate of drug-likeness (QED) is 0.578. The smallest absolute Gasteiger partial charge is 0.275 e. The zero-order valence-electron chi connectivity index (χ0n) is 19.3. The Hall–Kier alpha value is -3.51. The number of hydrazone groups is 1. The minimum Gasteiger partial charge on any atom is -0.493 e. The number of ether oxygens (including phenoxy) is 2. The SMILES string of the molecule is CN1N=C(C(=O)N2CCOCC2)/C(=C/CC=Cc2c(C(=O)N3CCOCC3)nn(C)c2O)C1=O. The van der Waals surface area contributed by atoms with E-state index in [4.69, 9.17) is 9.47 Å². The van der Waals surface area contributed by atoms with Gasteiger partial charge in [-0.25, -0.2) is 9.69 Å². The molecule has 3 aliphatic rings. The van der Waals surface area contributed by atoms with Crippen LogP contribution in [-0.4, -0.2) is 113 Å². The number of morpholine rings is 2. The Bertz CT molecular complexity index is 1060. The molecular weight excluding hydrogens is 444 g/mol. The van der Waals surface area contributed by atoms with Gasteiger partial charge >= 0.3 is 0 Å². The molecule has 1 N–H and O–H groups in total. The Kier molecular flexibility index (Phi) is 7.08. The first-order chi connectivity index (χ1) is 16.4. The number of carbonyl (C=O) groups excluding carboxylic acids is 3. The van der Waals surface area contributed by atoms with Crippen LogP contribution in [0, 0.1) is 0 Å². The lowest BCUT2D eigenvalue weighted by Crippen LogP contribution is -2.44. The van der Waals surface area contributed by atoms with Gasteiger partial charge in [-0.1, -0.05) is 18.2 Å². The molecular formula is C22H28N6O6. The Morgan fingerprint density at radius 1 is 1.00 bits per heavy atom. The van der Waals surface area contributed by atoms with E-state index in [-0.39, 0.29) is 47.0 Å². The first-order valence-electron chi connectivity index (χ1n) is 11.1. The molecule has 12 nitrogen and oxygen atoms in total. The summed E-state index contributed by atoms with van der Waals surface area (Å²) in [6.07, 6.45) is 5.19. The van der Waals surface area contributed by atoms with Crippen molar-refractivity contribution >= 4 is 29.5 Å². The molecule has 2 saturated heterocycles. The van der Waals surface area contributed by atoms with E-state index >= 15 is 0 Å². The third-order valence-corrected chi connectivity index (χ3v) is 5.83. The number of aromatic nitrogens is 2. The molecule has 1 aromatic rings. The molecule has 0 spiro atoms. The number of rotatable bonds is 5. The van der Waals surface area contributed by atoms with Gasteiger partial charge in [0.05, 0.1) is 37.6 Å². The first-order valence-corrected chi connectivity index (χ1v) is 11.1. The van der Waals surface area contributed by atoms with Crippen LogP contribution in [0.2, 0.25) is 0 Å². The Balaban J connectivity index is 1.50. The van der Waals surface area contributed by atoms with Gasteiger partial charge in [-0.2, -0.15) is 10.2 Å². The number of carbonyl (C=O) groups is 3. The van der Waals surface area contributed by atoms with Crippen LogP contribution in [0.5, 0.6) is 5.88 Å². The fourth-order valence-electron chi connectivity index (χ4n) is 3.91. The molecule has 0 atom stereocenters. The van der Waals surface area contributed by atoms with Crippen LogP contribution in [0.25, 0.3) is 6.08 Å². The highest BCUT2D eigenvalue weighted by Gasteiger charge is 2.34. The molecule has 34 heavy (non-hydrogen) atoms. The average Bonchev–Trinajstić information content (AvgIpc) is 3.31. The van der Waals surface area contributed by atoms with Crippen molar-refractivity contribution in [2.24, 2.45) is 12.1 Å². The highest BCUT2D eigenvalue weighted by Crippen LogP contribution is 2.24. The van der Waals surface area contributed by atoms with Crippen molar-refractivity contribution in [3.05, 3.63) is 29.0 Å². The fourth-order valence-corrected chi connectivity index (χ4v) is 3.91. The summed E-state index contributed by atoms with van der Waals surface area (Å²) in [5.41, 5.74) is 0.775. The van der Waals surface area contributed by atoms with Crippen molar-refractivity contribution in [2.45, 2.75) is 6.42 Å². The van der Waals surface area contributed by atoms with E-state index in [1.54, 1.807) is 35.1 Å². The average molecular weight is 473 g/mol. The predicted molar refractivity (Wildman–Crippen MR) is 121 cm³/mol. The largest absolute Gasteiger partial charge is 0.493 e. The summed E-state index contributed by atoms with van der Waals surface area (Å²) in [5, 5.41) is 19.9. The van der Waals surface area contributed by atoms with Gasteiger partial charge in [0.15, 0.2) is 11.4 Å². The summed E-state index contributed by atoms with van der Waals surface area (Å²) in [6, 6.07) is 0. The number of allylic oxidation sites excluding steroid dienone is 2. The van der Waals surface area contributed by atoms with Gasteiger partial charge in [0.2, 0.25) is 5.88 Å². The summed E-state index contributed by atoms with van der Waals surface area (Å²) in [7, 11) is 3.06. The highest BCUT2D eigenvalue weighted by molar-refractivity contribution is 6.52. The molecule has 0 bridgehead atoms. The maximum absolute atomic E-state index is 12.9. The topological polar surface area (TPSA) is 130 Å². The van der Waals surface area contributed by atoms with Gasteiger partial charge < -0.3 is 24.4 Å². The molecule has 4 rings (SSSR count). The fraction of sp³-hybridized carbons (Fsp3) is 0.500. The molecule has 4 heterocycles. The third kappa shape index (κ3) is 4.73. The number of aryl methyl sites for hydroxylation is 1. The summed E-state index contributed by atoms with van der Waals surface area (Å²) < 4.78 is 11.8. The van der Waals surface area contributed by atoms with Crippen molar-refractivity contribution in [3.8, 4) is 5.88 Å². The van der Waals surface area contributed by atoms with Crippen LogP contribution in [0.3, 0.4) is 0 Å². The third-order valence-electron chi connectivity index (χ3n) is 5.83. The van der Waals surface area contributed by atoms with Crippen LogP contribution in [0.4, 0.5) is 0 Å². The minimum absolute atomic E-state index is 0.107. The highest BCUT2D eigenvalue weighted by atomic mass is 16.5. The normalized spacial score (nSPS) is 20.5. The van der Waals surface area contributed by atoms with Gasteiger partial charge in [0.1, 0.15) is 0 Å². The zero-order chi connectivity index (χ0) is 24.2. The van der Waals surface area contributed by atoms with E-state index in [0.29, 0.717) is 58.2 Å². The van der Waals surface area contributed by atoms with Crippen molar-refractivity contribution in [3.63, 3.8) is 0 Å². The van der Waals surface area contributed by atoms with Crippen LogP contribution >= 0.6 is 0 Å². The van der Waals surface area contributed by atoms with E-state index in [1.165, 1.54) is 11.7 Å². The predicted octanol–water partition coefficient (Wildman–Crippen LogP) is -0.385. The molecule has 3 aliphatic heterocycles. The van der Waals surface area contributed by atoms with Crippen molar-refractivity contribution in [1.29, 1.82) is 0 Å². The second-order valence-corrected chi connectivity index (χ2v) is 8.05. The molecule has 3 amide bonds. The first kappa shape index (κ1) is 23.6. The molecule has 12 heteroatoms. The van der Waals surface area contributed by atoms with E-state index in [9.17, 15) is 19.5 Å². The lowest BCUT2D eigenvalue weighted by molar-refractivity contribution is -0.128. The van der Waals surface area contributed by atoms with Gasteiger partial charge in [-0.05, 0) is 6.42 Å². The van der Waals surface area contributed by atoms with Gasteiger partial charge in [0, 0.05) is 40.3 Å². The minimum atomic E-state index is -0.364. The van der Waals surface area contributed by atoms with Crippen LogP contribution < -0.4 is 0 Å². The van der Waals surface area contributed by atoms with Crippen molar-refractivity contribution in [1.82, 2.24) is 24.6 Å². The van der Waals surface area contributed by atoms with Crippen LogP contribution in [-0.2, 0) is 26.1 Å². The Morgan fingerprint density at radius 2 is 1.59 bits per heavy atom. The molecule has 0 saturated carbocycles. The molecule has 1 aromatic heterocycles. The number of hydrogen-bond acceptors (Lipinski definition) is 8. The molecule has 0 aromatic carbocycles. The molecule has 0 unspecified atom stereocenters. The summed E-state index contributed by atoms with van der Waals surface area (Å²) in [4.78, 5) is 41.6. The molecule has 0 radical (unpaired) electrons. The maximum atomic E-state index is 12.9. The van der Waals surface area contributed by atoms with Gasteiger partial charge in [-0.3, -0.25) is 14.4 Å². The lowest BCUT2D eigenvalue weighted by atomic mass is 10.1. The second-order valence-electron chi connectivity index (χ2n) is 8.05. The van der Waals surface area contributed by atoms with Gasteiger partial charge in [0.25, 0.3) is 17.7 Å². The van der Waals surface area contributed by atoms with Gasteiger partial charge in [-0.15, -0.1) is 0 Å².